The van der Waals surface area contributed by atoms with E-state index >= 15 is 0 Å². The van der Waals surface area contributed by atoms with E-state index in [-0.39, 0.29) is 0 Å². The van der Waals surface area contributed by atoms with Crippen LogP contribution in [0.25, 0.3) is 0 Å². The number of alkyl halides is 3. The second kappa shape index (κ2) is 5.28. The maximum Gasteiger partial charge on any atom is 0.416 e. The predicted octanol–water partition coefficient (Wildman–Crippen LogP) is 2.50. The Bertz CT molecular complexity index is 386. The summed E-state index contributed by atoms with van der Waals surface area (Å²) in [4.78, 5) is 2.28. The summed E-state index contributed by atoms with van der Waals surface area (Å²) >= 11 is 0. The van der Waals surface area contributed by atoms with Crippen molar-refractivity contribution in [2.24, 2.45) is 0 Å². The fourth-order valence-electron chi connectivity index (χ4n) is 2.15. The molecule has 2 nitrogen and oxygen atoms in total. The highest BCUT2D eigenvalue weighted by molar-refractivity contribution is 5.24. The minimum absolute atomic E-state index is 0.418. The third-order valence-electron chi connectivity index (χ3n) is 3.31. The lowest BCUT2D eigenvalue weighted by atomic mass is 10.1. The zero-order valence-corrected chi connectivity index (χ0v) is 10.3. The zero-order valence-electron chi connectivity index (χ0n) is 10.3. The Labute approximate surface area is 105 Å². The van der Waals surface area contributed by atoms with Gasteiger partial charge in [-0.15, -0.1) is 0 Å². The van der Waals surface area contributed by atoms with E-state index in [9.17, 15) is 13.2 Å². The molecule has 5 heteroatoms. The van der Waals surface area contributed by atoms with Gasteiger partial charge in [-0.3, -0.25) is 4.90 Å². The van der Waals surface area contributed by atoms with Crippen LogP contribution in [0, 0.1) is 0 Å². The lowest BCUT2D eigenvalue weighted by Crippen LogP contribution is -2.49. The third-order valence-corrected chi connectivity index (χ3v) is 3.31. The quantitative estimate of drug-likeness (QED) is 0.876. The Kier molecular flexibility index (Phi) is 3.92. The largest absolute Gasteiger partial charge is 0.416 e. The molecule has 1 N–H and O–H groups in total. The Morgan fingerprint density at radius 2 is 1.94 bits per heavy atom. The van der Waals surface area contributed by atoms with Crippen LogP contribution in [0.15, 0.2) is 24.3 Å². The molecule has 100 valence electrons. The molecule has 0 amide bonds. The van der Waals surface area contributed by atoms with Gasteiger partial charge in [-0.1, -0.05) is 12.1 Å². The second-order valence-corrected chi connectivity index (χ2v) is 4.72. The maximum absolute atomic E-state index is 12.4. The predicted molar refractivity (Wildman–Crippen MR) is 64.2 cm³/mol. The Hall–Kier alpha value is -1.07. The van der Waals surface area contributed by atoms with Crippen molar-refractivity contribution < 1.29 is 13.2 Å². The smallest absolute Gasteiger partial charge is 0.314 e. The van der Waals surface area contributed by atoms with Crippen LogP contribution in [-0.2, 0) is 12.7 Å². The first kappa shape index (κ1) is 13.4. The average Bonchev–Trinajstić information content (AvgIpc) is 2.32. The van der Waals surface area contributed by atoms with Crippen LogP contribution in [0.5, 0.6) is 0 Å². The Morgan fingerprint density at radius 1 is 1.28 bits per heavy atom. The monoisotopic (exact) mass is 258 g/mol. The first-order valence-electron chi connectivity index (χ1n) is 6.08. The van der Waals surface area contributed by atoms with Crippen LogP contribution in [0.4, 0.5) is 13.2 Å². The highest BCUT2D eigenvalue weighted by Crippen LogP contribution is 2.29. The molecular weight excluding hydrogens is 241 g/mol. The van der Waals surface area contributed by atoms with Crippen molar-refractivity contribution in [2.45, 2.75) is 25.7 Å². The van der Waals surface area contributed by atoms with Gasteiger partial charge in [0.25, 0.3) is 0 Å². The van der Waals surface area contributed by atoms with Crippen molar-refractivity contribution in [3.63, 3.8) is 0 Å². The summed E-state index contributed by atoms with van der Waals surface area (Å²) in [5.74, 6) is 0. The van der Waals surface area contributed by atoms with Crippen molar-refractivity contribution in [3.05, 3.63) is 35.4 Å². The number of hydrogen-bond donors (Lipinski definition) is 1. The van der Waals surface area contributed by atoms with Crippen LogP contribution < -0.4 is 5.32 Å². The van der Waals surface area contributed by atoms with Gasteiger partial charge in [0.05, 0.1) is 5.56 Å². The first-order chi connectivity index (χ1) is 8.47. The van der Waals surface area contributed by atoms with Gasteiger partial charge in [0.1, 0.15) is 0 Å². The number of nitrogens with one attached hydrogen (secondary N) is 1. The van der Waals surface area contributed by atoms with Crippen LogP contribution in [0.1, 0.15) is 18.1 Å². The van der Waals surface area contributed by atoms with Gasteiger partial charge in [0.15, 0.2) is 0 Å². The lowest BCUT2D eigenvalue weighted by molar-refractivity contribution is -0.137. The Morgan fingerprint density at radius 3 is 2.50 bits per heavy atom. The Balaban J connectivity index is 2.02. The SMILES string of the molecule is C[C@@H]1CNCCN1Cc1ccc(C(F)(F)F)cc1. The number of piperazine rings is 1. The van der Waals surface area contributed by atoms with E-state index in [2.05, 4.69) is 17.1 Å². The molecule has 0 aromatic heterocycles. The van der Waals surface area contributed by atoms with Gasteiger partial charge in [-0.05, 0) is 24.6 Å². The molecule has 0 aliphatic carbocycles. The fraction of sp³-hybridized carbons (Fsp3) is 0.538. The summed E-state index contributed by atoms with van der Waals surface area (Å²) in [6.07, 6.45) is -4.25. The van der Waals surface area contributed by atoms with Gasteiger partial charge >= 0.3 is 6.18 Å². The molecule has 1 fully saturated rings. The molecule has 1 saturated heterocycles. The van der Waals surface area contributed by atoms with Gasteiger partial charge in [0, 0.05) is 32.2 Å². The first-order valence-corrected chi connectivity index (χ1v) is 6.08. The number of rotatable bonds is 2. The van der Waals surface area contributed by atoms with Crippen LogP contribution in [0.3, 0.4) is 0 Å². The summed E-state index contributed by atoms with van der Waals surface area (Å²) in [6, 6.07) is 5.86. The van der Waals surface area contributed by atoms with Crippen LogP contribution in [-0.4, -0.2) is 30.6 Å². The van der Waals surface area contributed by atoms with Crippen molar-refractivity contribution in [3.8, 4) is 0 Å². The molecule has 1 aliphatic rings. The summed E-state index contributed by atoms with van der Waals surface area (Å²) in [5.41, 5.74) is 0.344. The summed E-state index contributed by atoms with van der Waals surface area (Å²) in [5, 5.41) is 3.29. The lowest BCUT2D eigenvalue weighted by Gasteiger charge is -2.33. The molecule has 0 spiro atoms. The second-order valence-electron chi connectivity index (χ2n) is 4.72. The summed E-state index contributed by atoms with van der Waals surface area (Å²) in [6.45, 7) is 5.63. The van der Waals surface area contributed by atoms with E-state index in [1.165, 1.54) is 0 Å². The highest BCUT2D eigenvalue weighted by atomic mass is 19.4. The van der Waals surface area contributed by atoms with Crippen molar-refractivity contribution >= 4 is 0 Å². The van der Waals surface area contributed by atoms with Crippen molar-refractivity contribution in [1.29, 1.82) is 0 Å². The topological polar surface area (TPSA) is 15.3 Å². The molecule has 1 aromatic rings. The third kappa shape index (κ3) is 3.23. The molecule has 2 rings (SSSR count). The van der Waals surface area contributed by atoms with Crippen LogP contribution >= 0.6 is 0 Å². The molecule has 1 atom stereocenters. The van der Waals surface area contributed by atoms with E-state index in [1.807, 2.05) is 0 Å². The highest BCUT2D eigenvalue weighted by Gasteiger charge is 2.30. The molecule has 0 radical (unpaired) electrons. The zero-order chi connectivity index (χ0) is 13.2. The minimum Gasteiger partial charge on any atom is -0.314 e. The molecule has 18 heavy (non-hydrogen) atoms. The van der Waals surface area contributed by atoms with Crippen LogP contribution in [0.2, 0.25) is 0 Å². The normalized spacial score (nSPS) is 22.1. The van der Waals surface area contributed by atoms with E-state index in [4.69, 9.17) is 0 Å². The summed E-state index contributed by atoms with van der Waals surface area (Å²) in [7, 11) is 0. The van der Waals surface area contributed by atoms with E-state index < -0.39 is 11.7 Å². The summed E-state index contributed by atoms with van der Waals surface area (Å²) < 4.78 is 37.3. The van der Waals surface area contributed by atoms with Crippen molar-refractivity contribution in [2.75, 3.05) is 19.6 Å². The molecule has 0 saturated carbocycles. The number of hydrogen-bond acceptors (Lipinski definition) is 2. The van der Waals surface area contributed by atoms with Gasteiger partial charge < -0.3 is 5.32 Å². The average molecular weight is 258 g/mol. The fourth-order valence-corrected chi connectivity index (χ4v) is 2.15. The molecule has 1 heterocycles. The van der Waals surface area contributed by atoms with E-state index in [0.29, 0.717) is 12.6 Å². The molecule has 0 unspecified atom stereocenters. The van der Waals surface area contributed by atoms with Gasteiger partial charge in [-0.2, -0.15) is 13.2 Å². The minimum atomic E-state index is -4.25. The number of benzene rings is 1. The number of nitrogens with zero attached hydrogens (tertiary/aromatic N) is 1. The molecule has 1 aromatic carbocycles. The molecular formula is C13H17F3N2. The molecule has 1 aliphatic heterocycles. The van der Waals surface area contributed by atoms with E-state index in [0.717, 1.165) is 37.3 Å². The molecule has 0 bridgehead atoms. The van der Waals surface area contributed by atoms with Gasteiger partial charge in [-0.25, -0.2) is 0 Å². The van der Waals surface area contributed by atoms with E-state index in [1.54, 1.807) is 12.1 Å². The number of halogens is 3. The maximum atomic E-state index is 12.4. The van der Waals surface area contributed by atoms with Gasteiger partial charge in [0.2, 0.25) is 0 Å². The van der Waals surface area contributed by atoms with Crippen molar-refractivity contribution in [1.82, 2.24) is 10.2 Å². The standard InChI is InChI=1S/C13H17F3N2/c1-10-8-17-6-7-18(10)9-11-2-4-12(5-3-11)13(14,15)16/h2-5,10,17H,6-9H2,1H3/t10-/m1/s1.